The molecule has 0 aliphatic carbocycles. The third-order valence-corrected chi connectivity index (χ3v) is 6.19. The first-order chi connectivity index (χ1) is 17.4. The zero-order valence-corrected chi connectivity index (χ0v) is 20.3. The molecule has 2 heterocycles. The lowest BCUT2D eigenvalue weighted by Crippen LogP contribution is -2.40. The van der Waals surface area contributed by atoms with Crippen molar-refractivity contribution in [2.24, 2.45) is 5.92 Å². The second-order valence-electron chi connectivity index (χ2n) is 8.66. The topological polar surface area (TPSA) is 117 Å². The van der Waals surface area contributed by atoms with Crippen LogP contribution in [0.2, 0.25) is 0 Å². The van der Waals surface area contributed by atoms with E-state index in [1.54, 1.807) is 7.11 Å². The minimum absolute atomic E-state index is 0.200. The normalized spacial score (nSPS) is 15.8. The van der Waals surface area contributed by atoms with Crippen molar-refractivity contribution >= 4 is 17.8 Å². The number of hydrogen-bond donors (Lipinski definition) is 2. The van der Waals surface area contributed by atoms with E-state index in [1.165, 1.54) is 5.56 Å². The van der Waals surface area contributed by atoms with Gasteiger partial charge < -0.3 is 24.6 Å². The van der Waals surface area contributed by atoms with Gasteiger partial charge in [0, 0.05) is 37.3 Å². The van der Waals surface area contributed by atoms with Crippen LogP contribution in [-0.4, -0.2) is 77.8 Å². The maximum absolute atomic E-state index is 12.5. The van der Waals surface area contributed by atoms with Gasteiger partial charge in [0.2, 0.25) is 0 Å². The third kappa shape index (κ3) is 8.13. The molecular weight excluding hydrogens is 464 g/mol. The van der Waals surface area contributed by atoms with Crippen molar-refractivity contribution in [3.63, 3.8) is 0 Å². The van der Waals surface area contributed by atoms with Crippen LogP contribution in [0.25, 0.3) is 0 Å². The highest BCUT2D eigenvalue weighted by atomic mass is 16.5. The maximum Gasteiger partial charge on any atom is 0.328 e. The zero-order chi connectivity index (χ0) is 25.9. The number of methoxy groups -OCH3 is 1. The first kappa shape index (κ1) is 26.7. The number of carboxylic acid groups (broad SMARTS) is 2. The first-order valence-electron chi connectivity index (χ1n) is 11.9. The first-order valence-corrected chi connectivity index (χ1v) is 11.9. The number of amides is 1. The van der Waals surface area contributed by atoms with E-state index < -0.39 is 11.9 Å². The summed E-state index contributed by atoms with van der Waals surface area (Å²) >= 11 is 0. The standard InChI is InChI=1S/C23H28N2O3.C4H4O4/c1-27-20-6-8-21(9-7-20)28-15-14-24-12-10-18(11-13-24)16-25-17-19-4-2-3-5-22(19)23(25)26;5-3(6)1-2-4(7)8/h2-9,18H,10-17H2,1H3;1-2H,(H,5,6)(H,7,8). The van der Waals surface area contributed by atoms with E-state index in [4.69, 9.17) is 19.7 Å². The largest absolute Gasteiger partial charge is 0.497 e. The lowest BCUT2D eigenvalue weighted by Gasteiger charge is -2.33. The second-order valence-corrected chi connectivity index (χ2v) is 8.66. The van der Waals surface area contributed by atoms with Crippen LogP contribution in [0.1, 0.15) is 28.8 Å². The number of fused-ring (bicyclic) bond motifs is 1. The fourth-order valence-corrected chi connectivity index (χ4v) is 4.27. The summed E-state index contributed by atoms with van der Waals surface area (Å²) in [4.78, 5) is 36.1. The van der Waals surface area contributed by atoms with Gasteiger partial charge in [0.15, 0.2) is 0 Å². The summed E-state index contributed by atoms with van der Waals surface area (Å²) in [7, 11) is 1.66. The van der Waals surface area contributed by atoms with Crippen LogP contribution >= 0.6 is 0 Å². The molecule has 2 aromatic carbocycles. The smallest absolute Gasteiger partial charge is 0.328 e. The molecule has 2 aliphatic heterocycles. The number of likely N-dealkylation sites (tertiary alicyclic amines) is 1. The summed E-state index contributed by atoms with van der Waals surface area (Å²) in [5.74, 6) is -0.000426. The number of rotatable bonds is 9. The molecule has 0 unspecified atom stereocenters. The fourth-order valence-electron chi connectivity index (χ4n) is 4.27. The predicted octanol–water partition coefficient (Wildman–Crippen LogP) is 3.15. The van der Waals surface area contributed by atoms with Gasteiger partial charge in [-0.2, -0.15) is 0 Å². The summed E-state index contributed by atoms with van der Waals surface area (Å²) in [5, 5.41) is 15.6. The van der Waals surface area contributed by atoms with Crippen molar-refractivity contribution < 1.29 is 34.1 Å². The Labute approximate surface area is 210 Å². The Kier molecular flexibility index (Phi) is 9.88. The Bertz CT molecular complexity index is 1040. The van der Waals surface area contributed by atoms with Gasteiger partial charge in [-0.3, -0.25) is 9.69 Å². The number of carbonyl (C=O) groups excluding carboxylic acids is 1. The molecule has 4 rings (SSSR count). The Hall–Kier alpha value is -3.85. The minimum atomic E-state index is -1.26. The summed E-state index contributed by atoms with van der Waals surface area (Å²) in [6.07, 6.45) is 3.40. The van der Waals surface area contributed by atoms with Gasteiger partial charge in [-0.1, -0.05) is 18.2 Å². The van der Waals surface area contributed by atoms with Crippen LogP contribution < -0.4 is 9.47 Å². The monoisotopic (exact) mass is 496 g/mol. The Morgan fingerprint density at radius 3 is 2.17 bits per heavy atom. The van der Waals surface area contributed by atoms with E-state index in [1.807, 2.05) is 47.4 Å². The molecule has 2 N–H and O–H groups in total. The van der Waals surface area contributed by atoms with E-state index in [0.29, 0.717) is 24.7 Å². The highest BCUT2D eigenvalue weighted by Gasteiger charge is 2.30. The quantitative estimate of drug-likeness (QED) is 0.509. The van der Waals surface area contributed by atoms with Gasteiger partial charge in [0.25, 0.3) is 5.91 Å². The predicted molar refractivity (Wildman–Crippen MR) is 133 cm³/mol. The highest BCUT2D eigenvalue weighted by molar-refractivity contribution is 5.98. The fraction of sp³-hybridized carbons (Fsp3) is 0.370. The van der Waals surface area contributed by atoms with Gasteiger partial charge in [-0.25, -0.2) is 9.59 Å². The summed E-state index contributed by atoms with van der Waals surface area (Å²) < 4.78 is 11.0. The molecular formula is C27H32N2O7. The average molecular weight is 497 g/mol. The zero-order valence-electron chi connectivity index (χ0n) is 20.3. The number of nitrogens with zero attached hydrogens (tertiary/aromatic N) is 2. The summed E-state index contributed by atoms with van der Waals surface area (Å²) in [6, 6.07) is 15.7. The van der Waals surface area contributed by atoms with Crippen LogP contribution in [-0.2, 0) is 16.1 Å². The number of carbonyl (C=O) groups is 3. The van der Waals surface area contributed by atoms with Crippen LogP contribution in [0.4, 0.5) is 0 Å². The molecule has 2 aliphatic rings. The van der Waals surface area contributed by atoms with E-state index in [9.17, 15) is 14.4 Å². The molecule has 192 valence electrons. The summed E-state index contributed by atoms with van der Waals surface area (Å²) in [5.41, 5.74) is 2.05. The molecule has 2 aromatic rings. The Balaban J connectivity index is 0.000000392. The third-order valence-electron chi connectivity index (χ3n) is 6.19. The lowest BCUT2D eigenvalue weighted by molar-refractivity contribution is -0.134. The van der Waals surface area contributed by atoms with Crippen LogP contribution in [0, 0.1) is 5.92 Å². The van der Waals surface area contributed by atoms with Crippen LogP contribution in [0.3, 0.4) is 0 Å². The van der Waals surface area contributed by atoms with Gasteiger partial charge in [-0.15, -0.1) is 0 Å². The number of benzene rings is 2. The number of carboxylic acids is 2. The number of aliphatic carboxylic acids is 2. The summed E-state index contributed by atoms with van der Waals surface area (Å²) in [6.45, 7) is 5.43. The van der Waals surface area contributed by atoms with Crippen molar-refractivity contribution in [1.29, 1.82) is 0 Å². The molecule has 9 nitrogen and oxygen atoms in total. The van der Waals surface area contributed by atoms with Crippen molar-refractivity contribution in [2.75, 3.05) is 39.9 Å². The molecule has 1 fully saturated rings. The maximum atomic E-state index is 12.5. The number of ether oxygens (including phenoxy) is 2. The SMILES string of the molecule is COc1ccc(OCCN2CCC(CN3Cc4ccccc4C3=O)CC2)cc1.O=C(O)C=CC(=O)O. The molecule has 0 spiro atoms. The molecule has 1 amide bonds. The molecule has 1 saturated heterocycles. The Morgan fingerprint density at radius 2 is 1.58 bits per heavy atom. The Morgan fingerprint density at radius 1 is 0.972 bits per heavy atom. The average Bonchev–Trinajstić information content (AvgIpc) is 3.20. The molecule has 0 saturated carbocycles. The van der Waals surface area contributed by atoms with E-state index >= 15 is 0 Å². The molecule has 9 heteroatoms. The number of hydrogen-bond acceptors (Lipinski definition) is 6. The van der Waals surface area contributed by atoms with Crippen molar-refractivity contribution in [1.82, 2.24) is 9.80 Å². The van der Waals surface area contributed by atoms with Gasteiger partial charge in [0.1, 0.15) is 18.1 Å². The van der Waals surface area contributed by atoms with Crippen molar-refractivity contribution in [2.45, 2.75) is 19.4 Å². The van der Waals surface area contributed by atoms with E-state index in [0.717, 1.165) is 62.6 Å². The van der Waals surface area contributed by atoms with Gasteiger partial charge in [0.05, 0.1) is 7.11 Å². The van der Waals surface area contributed by atoms with Gasteiger partial charge in [-0.05, 0) is 67.7 Å². The van der Waals surface area contributed by atoms with Gasteiger partial charge >= 0.3 is 11.9 Å². The van der Waals surface area contributed by atoms with Crippen molar-refractivity contribution in [3.05, 3.63) is 71.8 Å². The lowest BCUT2D eigenvalue weighted by atomic mass is 9.96. The van der Waals surface area contributed by atoms with Crippen LogP contribution in [0.5, 0.6) is 11.5 Å². The molecule has 36 heavy (non-hydrogen) atoms. The molecule has 0 aromatic heterocycles. The second kappa shape index (κ2) is 13.3. The van der Waals surface area contributed by atoms with Crippen LogP contribution in [0.15, 0.2) is 60.7 Å². The molecule has 0 radical (unpaired) electrons. The highest BCUT2D eigenvalue weighted by Crippen LogP contribution is 2.26. The van der Waals surface area contributed by atoms with E-state index in [-0.39, 0.29) is 5.91 Å². The van der Waals surface area contributed by atoms with Crippen molar-refractivity contribution in [3.8, 4) is 11.5 Å². The molecule has 0 bridgehead atoms. The van der Waals surface area contributed by atoms with E-state index in [2.05, 4.69) is 11.0 Å². The number of piperidine rings is 1. The molecule has 0 atom stereocenters. The minimum Gasteiger partial charge on any atom is -0.497 e.